The van der Waals surface area contributed by atoms with Gasteiger partial charge in [0.05, 0.1) is 0 Å². The molecule has 2 rings (SSSR count). The minimum absolute atomic E-state index is 0.0266. The number of hydrogen-bond donors (Lipinski definition) is 1. The van der Waals surface area contributed by atoms with Gasteiger partial charge in [0.2, 0.25) is 0 Å². The van der Waals surface area contributed by atoms with Crippen LogP contribution >= 0.6 is 27.5 Å². The molecule has 1 atom stereocenters. The van der Waals surface area contributed by atoms with E-state index >= 15 is 0 Å². The van der Waals surface area contributed by atoms with Crippen LogP contribution in [0.5, 0.6) is 0 Å². The van der Waals surface area contributed by atoms with Crippen molar-refractivity contribution in [3.05, 3.63) is 33.3 Å². The van der Waals surface area contributed by atoms with Crippen molar-refractivity contribution in [2.75, 3.05) is 13.1 Å². The summed E-state index contributed by atoms with van der Waals surface area (Å²) in [5, 5.41) is 0.760. The van der Waals surface area contributed by atoms with Crippen molar-refractivity contribution < 1.29 is 0 Å². The molecule has 0 bridgehead atoms. The highest BCUT2D eigenvalue weighted by Gasteiger charge is 2.28. The van der Waals surface area contributed by atoms with Crippen LogP contribution in [0.1, 0.15) is 44.2 Å². The van der Waals surface area contributed by atoms with Gasteiger partial charge in [0.25, 0.3) is 0 Å². The standard InChI is InChI=1S/C15H22BrClN2/c1-2-8-19(12-4-5-12)9-7-15(18)13-6-3-11(16)10-14(13)17/h3,6,10,12,15H,2,4-5,7-9,18H2,1H3. The molecule has 0 radical (unpaired) electrons. The zero-order chi connectivity index (χ0) is 13.8. The molecule has 106 valence electrons. The summed E-state index contributed by atoms with van der Waals surface area (Å²) < 4.78 is 0.999. The summed E-state index contributed by atoms with van der Waals surface area (Å²) in [4.78, 5) is 2.58. The highest BCUT2D eigenvalue weighted by molar-refractivity contribution is 9.10. The SMILES string of the molecule is CCCN(CCC(N)c1ccc(Br)cc1Cl)C1CC1. The van der Waals surface area contributed by atoms with Crippen molar-refractivity contribution in [3.8, 4) is 0 Å². The second-order valence-corrected chi connectivity index (χ2v) is 6.65. The van der Waals surface area contributed by atoms with Gasteiger partial charge in [-0.25, -0.2) is 0 Å². The molecular formula is C15H22BrClN2. The summed E-state index contributed by atoms with van der Waals surface area (Å²) in [5.41, 5.74) is 7.34. The number of nitrogens with zero attached hydrogens (tertiary/aromatic N) is 1. The van der Waals surface area contributed by atoms with Crippen molar-refractivity contribution in [2.45, 2.75) is 44.7 Å². The van der Waals surface area contributed by atoms with E-state index in [1.165, 1.54) is 25.8 Å². The van der Waals surface area contributed by atoms with Gasteiger partial charge in [-0.15, -0.1) is 0 Å². The van der Waals surface area contributed by atoms with Crippen LogP contribution in [0.2, 0.25) is 5.02 Å². The van der Waals surface area contributed by atoms with E-state index in [0.29, 0.717) is 0 Å². The molecular weight excluding hydrogens is 324 g/mol. The van der Waals surface area contributed by atoms with Gasteiger partial charge in [0.1, 0.15) is 0 Å². The van der Waals surface area contributed by atoms with E-state index in [0.717, 1.165) is 34.1 Å². The van der Waals surface area contributed by atoms with E-state index in [9.17, 15) is 0 Å². The first-order valence-corrected chi connectivity index (χ1v) is 8.23. The quantitative estimate of drug-likeness (QED) is 0.795. The predicted molar refractivity (Wildman–Crippen MR) is 85.6 cm³/mol. The molecule has 1 aromatic carbocycles. The smallest absolute Gasteiger partial charge is 0.0464 e. The molecule has 0 spiro atoms. The Kier molecular flexibility index (Phi) is 5.70. The molecule has 1 fully saturated rings. The molecule has 0 heterocycles. The number of halogens is 2. The Bertz CT molecular complexity index is 421. The fraction of sp³-hybridized carbons (Fsp3) is 0.600. The van der Waals surface area contributed by atoms with Crippen LogP contribution in [-0.2, 0) is 0 Å². The number of rotatable bonds is 7. The third kappa shape index (κ3) is 4.45. The van der Waals surface area contributed by atoms with Gasteiger partial charge in [-0.1, -0.05) is 40.5 Å². The summed E-state index contributed by atoms with van der Waals surface area (Å²) in [6, 6.07) is 6.79. The predicted octanol–water partition coefficient (Wildman–Crippen LogP) is 4.37. The van der Waals surface area contributed by atoms with Gasteiger partial charge >= 0.3 is 0 Å². The van der Waals surface area contributed by atoms with Crippen molar-refractivity contribution in [1.82, 2.24) is 4.90 Å². The molecule has 0 saturated heterocycles. The molecule has 1 aromatic rings. The Morgan fingerprint density at radius 3 is 2.74 bits per heavy atom. The van der Waals surface area contributed by atoms with Gasteiger partial charge in [0.15, 0.2) is 0 Å². The summed E-state index contributed by atoms with van der Waals surface area (Å²) in [6.07, 6.45) is 4.89. The lowest BCUT2D eigenvalue weighted by molar-refractivity contribution is 0.253. The van der Waals surface area contributed by atoms with E-state index in [1.54, 1.807) is 0 Å². The lowest BCUT2D eigenvalue weighted by Crippen LogP contribution is -2.30. The van der Waals surface area contributed by atoms with Crippen LogP contribution in [0.25, 0.3) is 0 Å². The minimum atomic E-state index is 0.0266. The van der Waals surface area contributed by atoms with Gasteiger partial charge in [-0.3, -0.25) is 0 Å². The van der Waals surface area contributed by atoms with Crippen LogP contribution in [0, 0.1) is 0 Å². The molecule has 0 amide bonds. The van der Waals surface area contributed by atoms with E-state index in [1.807, 2.05) is 18.2 Å². The van der Waals surface area contributed by atoms with Gasteiger partial charge < -0.3 is 10.6 Å². The monoisotopic (exact) mass is 344 g/mol. The average molecular weight is 346 g/mol. The number of benzene rings is 1. The van der Waals surface area contributed by atoms with E-state index in [2.05, 4.69) is 27.8 Å². The first-order valence-electron chi connectivity index (χ1n) is 7.06. The van der Waals surface area contributed by atoms with Crippen molar-refractivity contribution in [2.24, 2.45) is 5.73 Å². The van der Waals surface area contributed by atoms with Crippen LogP contribution in [0.15, 0.2) is 22.7 Å². The fourth-order valence-corrected chi connectivity index (χ4v) is 3.28. The maximum atomic E-state index is 6.28. The molecule has 4 heteroatoms. The van der Waals surface area contributed by atoms with Gasteiger partial charge in [0, 0.05) is 28.1 Å². The average Bonchev–Trinajstić information content (AvgIpc) is 3.18. The minimum Gasteiger partial charge on any atom is -0.324 e. The highest BCUT2D eigenvalue weighted by atomic mass is 79.9. The molecule has 0 aliphatic heterocycles. The second-order valence-electron chi connectivity index (χ2n) is 5.33. The second kappa shape index (κ2) is 7.07. The Labute approximate surface area is 129 Å². The van der Waals surface area contributed by atoms with E-state index in [-0.39, 0.29) is 6.04 Å². The molecule has 0 aromatic heterocycles. The van der Waals surface area contributed by atoms with Crippen molar-refractivity contribution in [3.63, 3.8) is 0 Å². The summed E-state index contributed by atoms with van der Waals surface area (Å²) in [7, 11) is 0. The Morgan fingerprint density at radius 2 is 2.16 bits per heavy atom. The van der Waals surface area contributed by atoms with Gasteiger partial charge in [-0.05, 0) is 49.9 Å². The molecule has 1 aliphatic rings. The highest BCUT2D eigenvalue weighted by Crippen LogP contribution is 2.30. The number of hydrogen-bond acceptors (Lipinski definition) is 2. The van der Waals surface area contributed by atoms with Crippen molar-refractivity contribution >= 4 is 27.5 Å². The maximum Gasteiger partial charge on any atom is 0.0464 e. The first-order chi connectivity index (χ1) is 9.11. The molecule has 1 unspecified atom stereocenters. The van der Waals surface area contributed by atoms with Crippen LogP contribution in [-0.4, -0.2) is 24.0 Å². The molecule has 1 saturated carbocycles. The maximum absolute atomic E-state index is 6.28. The van der Waals surface area contributed by atoms with Crippen LogP contribution < -0.4 is 5.73 Å². The largest absolute Gasteiger partial charge is 0.324 e. The van der Waals surface area contributed by atoms with Crippen LogP contribution in [0.4, 0.5) is 0 Å². The third-order valence-corrected chi connectivity index (χ3v) is 4.48. The molecule has 2 nitrogen and oxygen atoms in total. The van der Waals surface area contributed by atoms with E-state index < -0.39 is 0 Å². The van der Waals surface area contributed by atoms with E-state index in [4.69, 9.17) is 17.3 Å². The zero-order valence-corrected chi connectivity index (χ0v) is 13.8. The normalized spacial score (nSPS) is 16.9. The topological polar surface area (TPSA) is 29.3 Å². The Hall–Kier alpha value is -0.0900. The van der Waals surface area contributed by atoms with Crippen LogP contribution in [0.3, 0.4) is 0 Å². The molecule has 1 aliphatic carbocycles. The molecule has 2 N–H and O–H groups in total. The summed E-state index contributed by atoms with van der Waals surface area (Å²) >= 11 is 9.67. The summed E-state index contributed by atoms with van der Waals surface area (Å²) in [6.45, 7) is 4.50. The zero-order valence-electron chi connectivity index (χ0n) is 11.4. The number of nitrogens with two attached hydrogens (primary N) is 1. The first kappa shape index (κ1) is 15.3. The summed E-state index contributed by atoms with van der Waals surface area (Å²) in [5.74, 6) is 0. The Balaban J connectivity index is 1.90. The molecule has 19 heavy (non-hydrogen) atoms. The lowest BCUT2D eigenvalue weighted by Gasteiger charge is -2.23. The fourth-order valence-electron chi connectivity index (χ4n) is 2.47. The lowest BCUT2D eigenvalue weighted by atomic mass is 10.0. The Morgan fingerprint density at radius 1 is 1.42 bits per heavy atom. The third-order valence-electron chi connectivity index (χ3n) is 3.66. The van der Waals surface area contributed by atoms with Crippen molar-refractivity contribution in [1.29, 1.82) is 0 Å². The van der Waals surface area contributed by atoms with Gasteiger partial charge in [-0.2, -0.15) is 0 Å².